The van der Waals surface area contributed by atoms with Crippen molar-refractivity contribution in [1.29, 1.82) is 0 Å². The van der Waals surface area contributed by atoms with E-state index in [-0.39, 0.29) is 0 Å². The van der Waals surface area contributed by atoms with E-state index in [2.05, 4.69) is 17.1 Å². The average Bonchev–Trinajstić information content (AvgIpc) is 3.20. The van der Waals surface area contributed by atoms with E-state index in [1.165, 1.54) is 12.8 Å². The Balaban J connectivity index is 2.51. The quantitative estimate of drug-likeness (QED) is 0.568. The number of rotatable bonds is 12. The van der Waals surface area contributed by atoms with Crippen molar-refractivity contribution in [2.75, 3.05) is 54.2 Å². The molecule has 2 unspecified atom stereocenters. The molecule has 0 saturated heterocycles. The normalized spacial score (nSPS) is 18.8. The van der Waals surface area contributed by atoms with Crippen LogP contribution in [-0.4, -0.2) is 77.3 Å². The van der Waals surface area contributed by atoms with Gasteiger partial charge < -0.3 is 19.5 Å². The number of ether oxygens (including phenoxy) is 3. The molecule has 1 aliphatic rings. The van der Waals surface area contributed by atoms with E-state index < -0.39 is 0 Å². The molecule has 0 radical (unpaired) electrons. The fourth-order valence-electron chi connectivity index (χ4n) is 2.35. The van der Waals surface area contributed by atoms with Gasteiger partial charge in [-0.2, -0.15) is 0 Å². The SMILES string of the molecule is COCCN(C(C)COC)C(CNC1CC1)COC. The van der Waals surface area contributed by atoms with Gasteiger partial charge in [-0.05, 0) is 19.8 Å². The number of nitrogens with zero attached hydrogens (tertiary/aromatic N) is 1. The van der Waals surface area contributed by atoms with Crippen LogP contribution in [-0.2, 0) is 14.2 Å². The third-order valence-electron chi connectivity index (χ3n) is 3.58. The zero-order valence-electron chi connectivity index (χ0n) is 12.9. The van der Waals surface area contributed by atoms with Crippen molar-refractivity contribution in [3.05, 3.63) is 0 Å². The summed E-state index contributed by atoms with van der Waals surface area (Å²) in [6, 6.07) is 1.45. The Morgan fingerprint density at radius 2 is 1.79 bits per heavy atom. The predicted octanol–water partition coefficient (Wildman–Crippen LogP) is 0.737. The summed E-state index contributed by atoms with van der Waals surface area (Å²) >= 11 is 0. The van der Waals surface area contributed by atoms with Crippen LogP contribution in [0.25, 0.3) is 0 Å². The zero-order valence-corrected chi connectivity index (χ0v) is 12.9. The average molecular weight is 274 g/mol. The lowest BCUT2D eigenvalue weighted by Crippen LogP contribution is -2.52. The highest BCUT2D eigenvalue weighted by Crippen LogP contribution is 2.19. The molecule has 1 fully saturated rings. The van der Waals surface area contributed by atoms with Gasteiger partial charge in [0, 0.05) is 52.5 Å². The highest BCUT2D eigenvalue weighted by Gasteiger charge is 2.27. The van der Waals surface area contributed by atoms with Gasteiger partial charge in [-0.25, -0.2) is 0 Å². The largest absolute Gasteiger partial charge is 0.383 e. The third kappa shape index (κ3) is 6.68. The van der Waals surface area contributed by atoms with Crippen LogP contribution in [0.1, 0.15) is 19.8 Å². The minimum absolute atomic E-state index is 0.362. The third-order valence-corrected chi connectivity index (χ3v) is 3.58. The Kier molecular flexibility index (Phi) is 8.57. The lowest BCUT2D eigenvalue weighted by Gasteiger charge is -2.36. The Morgan fingerprint density at radius 3 is 2.32 bits per heavy atom. The molecule has 1 saturated carbocycles. The first kappa shape index (κ1) is 16.9. The van der Waals surface area contributed by atoms with Gasteiger partial charge in [0.05, 0.1) is 19.8 Å². The predicted molar refractivity (Wildman–Crippen MR) is 76.6 cm³/mol. The molecular formula is C14H30N2O3. The Bertz CT molecular complexity index is 225. The van der Waals surface area contributed by atoms with E-state index >= 15 is 0 Å². The van der Waals surface area contributed by atoms with Crippen molar-refractivity contribution < 1.29 is 14.2 Å². The molecular weight excluding hydrogens is 244 g/mol. The van der Waals surface area contributed by atoms with E-state index in [1.54, 1.807) is 21.3 Å². The van der Waals surface area contributed by atoms with Gasteiger partial charge in [0.2, 0.25) is 0 Å². The fraction of sp³-hybridized carbons (Fsp3) is 1.00. The van der Waals surface area contributed by atoms with Gasteiger partial charge in [-0.15, -0.1) is 0 Å². The second-order valence-corrected chi connectivity index (χ2v) is 5.33. The van der Waals surface area contributed by atoms with Crippen LogP contribution in [0.3, 0.4) is 0 Å². The van der Waals surface area contributed by atoms with E-state index in [4.69, 9.17) is 14.2 Å². The van der Waals surface area contributed by atoms with Gasteiger partial charge in [0.25, 0.3) is 0 Å². The molecule has 0 amide bonds. The summed E-state index contributed by atoms with van der Waals surface area (Å²) in [5.41, 5.74) is 0. The molecule has 5 nitrogen and oxygen atoms in total. The number of hydrogen-bond acceptors (Lipinski definition) is 5. The first-order valence-electron chi connectivity index (χ1n) is 7.18. The number of hydrogen-bond donors (Lipinski definition) is 1. The Hall–Kier alpha value is -0.200. The van der Waals surface area contributed by atoms with Crippen molar-refractivity contribution in [3.8, 4) is 0 Å². The van der Waals surface area contributed by atoms with Crippen LogP contribution >= 0.6 is 0 Å². The maximum absolute atomic E-state index is 5.38. The van der Waals surface area contributed by atoms with Crippen molar-refractivity contribution in [1.82, 2.24) is 10.2 Å². The molecule has 19 heavy (non-hydrogen) atoms. The highest BCUT2D eigenvalue weighted by molar-refractivity contribution is 4.85. The van der Waals surface area contributed by atoms with Gasteiger partial charge >= 0.3 is 0 Å². The van der Waals surface area contributed by atoms with Crippen molar-refractivity contribution in [2.24, 2.45) is 0 Å². The molecule has 0 heterocycles. The van der Waals surface area contributed by atoms with Gasteiger partial charge in [0.1, 0.15) is 0 Å². The maximum atomic E-state index is 5.38. The molecule has 1 N–H and O–H groups in total. The number of methoxy groups -OCH3 is 3. The highest BCUT2D eigenvalue weighted by atomic mass is 16.5. The first-order valence-corrected chi connectivity index (χ1v) is 7.18. The van der Waals surface area contributed by atoms with Gasteiger partial charge in [-0.1, -0.05) is 0 Å². The molecule has 0 bridgehead atoms. The molecule has 0 aliphatic heterocycles. The monoisotopic (exact) mass is 274 g/mol. The lowest BCUT2D eigenvalue weighted by atomic mass is 10.2. The summed E-state index contributed by atoms with van der Waals surface area (Å²) in [6.07, 6.45) is 2.62. The molecule has 0 spiro atoms. The molecule has 2 atom stereocenters. The van der Waals surface area contributed by atoms with Gasteiger partial charge in [-0.3, -0.25) is 4.90 Å². The van der Waals surface area contributed by atoms with Crippen LogP contribution < -0.4 is 5.32 Å². The number of nitrogens with one attached hydrogen (secondary N) is 1. The Morgan fingerprint density at radius 1 is 1.11 bits per heavy atom. The van der Waals surface area contributed by atoms with E-state index in [0.717, 1.165) is 39.0 Å². The fourth-order valence-corrected chi connectivity index (χ4v) is 2.35. The summed E-state index contributed by atoms with van der Waals surface area (Å²) < 4.78 is 15.9. The smallest absolute Gasteiger partial charge is 0.0630 e. The summed E-state index contributed by atoms with van der Waals surface area (Å²) in [4.78, 5) is 2.42. The standard InChI is InChI=1S/C14H30N2O3/c1-12(10-18-3)16(7-8-17-2)14(11-19-4)9-15-13-5-6-13/h12-15H,5-11H2,1-4H3. The molecule has 0 aromatic rings. The van der Waals surface area contributed by atoms with E-state index in [1.807, 2.05) is 0 Å². The van der Waals surface area contributed by atoms with Crippen molar-refractivity contribution in [2.45, 2.75) is 37.9 Å². The minimum atomic E-state index is 0.362. The summed E-state index contributed by atoms with van der Waals surface area (Å²) in [6.45, 7) is 6.26. The van der Waals surface area contributed by atoms with E-state index in [9.17, 15) is 0 Å². The molecule has 5 heteroatoms. The lowest BCUT2D eigenvalue weighted by molar-refractivity contribution is 0.0174. The van der Waals surface area contributed by atoms with Crippen LogP contribution in [0.4, 0.5) is 0 Å². The first-order chi connectivity index (χ1) is 9.22. The summed E-state index contributed by atoms with van der Waals surface area (Å²) in [7, 11) is 5.26. The van der Waals surface area contributed by atoms with Crippen LogP contribution in [0.5, 0.6) is 0 Å². The minimum Gasteiger partial charge on any atom is -0.383 e. The molecule has 0 aromatic carbocycles. The topological polar surface area (TPSA) is 43.0 Å². The van der Waals surface area contributed by atoms with Crippen molar-refractivity contribution >= 4 is 0 Å². The Labute approximate surface area is 117 Å². The van der Waals surface area contributed by atoms with Gasteiger partial charge in [0.15, 0.2) is 0 Å². The molecule has 1 aliphatic carbocycles. The zero-order chi connectivity index (χ0) is 14.1. The molecule has 114 valence electrons. The van der Waals surface area contributed by atoms with Crippen LogP contribution in [0, 0.1) is 0 Å². The molecule has 0 aromatic heterocycles. The van der Waals surface area contributed by atoms with Crippen LogP contribution in [0.15, 0.2) is 0 Å². The maximum Gasteiger partial charge on any atom is 0.0630 e. The second-order valence-electron chi connectivity index (χ2n) is 5.33. The van der Waals surface area contributed by atoms with E-state index in [0.29, 0.717) is 12.1 Å². The summed E-state index contributed by atoms with van der Waals surface area (Å²) in [5.74, 6) is 0. The summed E-state index contributed by atoms with van der Waals surface area (Å²) in [5, 5.41) is 3.59. The van der Waals surface area contributed by atoms with Crippen LogP contribution in [0.2, 0.25) is 0 Å². The second kappa shape index (κ2) is 9.66. The van der Waals surface area contributed by atoms with Crippen molar-refractivity contribution in [3.63, 3.8) is 0 Å². The molecule has 1 rings (SSSR count).